The van der Waals surface area contributed by atoms with Crippen LogP contribution in [0.4, 0.5) is 0 Å². The molecule has 0 rings (SSSR count). The summed E-state index contributed by atoms with van der Waals surface area (Å²) in [5.74, 6) is 0. The molecule has 0 spiro atoms. The summed E-state index contributed by atoms with van der Waals surface area (Å²) in [6.45, 7) is 7.51. The molecule has 0 unspecified atom stereocenters. The summed E-state index contributed by atoms with van der Waals surface area (Å²) in [5, 5.41) is 0. The lowest BCUT2D eigenvalue weighted by atomic mass is 10.0. The van der Waals surface area contributed by atoms with Crippen LogP contribution in [0.5, 0.6) is 0 Å². The van der Waals surface area contributed by atoms with E-state index >= 15 is 0 Å². The summed E-state index contributed by atoms with van der Waals surface area (Å²) >= 11 is 7.42. The van der Waals surface area contributed by atoms with Crippen molar-refractivity contribution in [2.75, 3.05) is 13.2 Å². The topological polar surface area (TPSA) is 9.23 Å². The first-order valence-electron chi connectivity index (χ1n) is 12.0. The molecule has 0 aliphatic carbocycles. The number of ether oxygens (including phenoxy) is 1. The van der Waals surface area contributed by atoms with E-state index in [0.29, 0.717) is 2.86 Å². The van der Waals surface area contributed by atoms with Crippen molar-refractivity contribution in [1.29, 1.82) is 0 Å². The van der Waals surface area contributed by atoms with Crippen LogP contribution in [0, 0.1) is 0 Å². The van der Waals surface area contributed by atoms with Crippen molar-refractivity contribution in [3.05, 3.63) is 12.2 Å². The fourth-order valence-corrected chi connectivity index (χ4v) is 4.45. The maximum absolute atomic E-state index is 5.53. The molecule has 0 atom stereocenters. The molecule has 0 saturated heterocycles. The summed E-state index contributed by atoms with van der Waals surface area (Å²) in [5.41, 5.74) is 1.13. The van der Waals surface area contributed by atoms with E-state index in [0.717, 1.165) is 18.8 Å². The summed E-state index contributed by atoms with van der Waals surface area (Å²) in [6.07, 6.45) is 25.3. The second-order valence-corrected chi connectivity index (χ2v) is 18.0. The third-order valence-corrected chi connectivity index (χ3v) is 6.55. The third kappa shape index (κ3) is 26.9. The second-order valence-electron chi connectivity index (χ2n) is 8.84. The molecule has 0 radical (unpaired) electrons. The van der Waals surface area contributed by atoms with Gasteiger partial charge in [-0.15, -0.1) is 0 Å². The molecule has 0 amide bonds. The minimum absolute atomic E-state index is 0.292. The first kappa shape index (κ1) is 28.9. The van der Waals surface area contributed by atoms with Crippen molar-refractivity contribution in [3.8, 4) is 0 Å². The Morgan fingerprint density at radius 2 is 1.00 bits per heavy atom. The molecule has 1 nitrogen and oxygen atoms in total. The first-order valence-corrected chi connectivity index (χ1v) is 14.6. The standard InChI is InChI=1S/C24H48Br2OSi/c1-23(2)22-27-21-19-17-15-13-11-9-7-5-3-4-6-8-10-12-14-16-18-20-24(25,26)28/h1,3-22H2,2,28H3. The van der Waals surface area contributed by atoms with Gasteiger partial charge in [-0.05, 0) is 19.8 Å². The summed E-state index contributed by atoms with van der Waals surface area (Å²) in [7, 11) is 1.18. The lowest BCUT2D eigenvalue weighted by Crippen LogP contribution is -2.09. The molecule has 0 aliphatic rings. The fourth-order valence-electron chi connectivity index (χ4n) is 3.54. The van der Waals surface area contributed by atoms with Gasteiger partial charge in [-0.2, -0.15) is 0 Å². The Bertz CT molecular complexity index is 342. The molecule has 0 heterocycles. The Kier molecular flexibility index (Phi) is 21.8. The van der Waals surface area contributed by atoms with Crippen LogP contribution in [0.25, 0.3) is 0 Å². The predicted octanol–water partition coefficient (Wildman–Crippen LogP) is 8.41. The molecule has 28 heavy (non-hydrogen) atoms. The third-order valence-electron chi connectivity index (χ3n) is 5.25. The van der Waals surface area contributed by atoms with Crippen molar-refractivity contribution in [1.82, 2.24) is 0 Å². The average Bonchev–Trinajstić information content (AvgIpc) is 2.61. The lowest BCUT2D eigenvalue weighted by Gasteiger charge is -2.13. The molecule has 0 bridgehead atoms. The monoisotopic (exact) mass is 538 g/mol. The van der Waals surface area contributed by atoms with Crippen molar-refractivity contribution >= 4 is 42.1 Å². The van der Waals surface area contributed by atoms with E-state index in [9.17, 15) is 0 Å². The minimum Gasteiger partial charge on any atom is -0.377 e. The van der Waals surface area contributed by atoms with Gasteiger partial charge in [-0.3, -0.25) is 0 Å². The number of rotatable bonds is 22. The number of hydrogen-bond acceptors (Lipinski definition) is 1. The Balaban J connectivity index is 3.04. The van der Waals surface area contributed by atoms with Crippen LogP contribution in [-0.2, 0) is 4.74 Å². The zero-order chi connectivity index (χ0) is 20.9. The predicted molar refractivity (Wildman–Crippen MR) is 139 cm³/mol. The summed E-state index contributed by atoms with van der Waals surface area (Å²) in [4.78, 5) is 0. The molecular weight excluding hydrogens is 492 g/mol. The van der Waals surface area contributed by atoms with Crippen LogP contribution in [0.1, 0.15) is 122 Å². The average molecular weight is 541 g/mol. The minimum atomic E-state index is 0.292. The van der Waals surface area contributed by atoms with Gasteiger partial charge in [0, 0.05) is 16.8 Å². The van der Waals surface area contributed by atoms with Crippen LogP contribution >= 0.6 is 31.9 Å². The highest BCUT2D eigenvalue weighted by atomic mass is 79.9. The Morgan fingerprint density at radius 3 is 1.32 bits per heavy atom. The molecule has 4 heteroatoms. The lowest BCUT2D eigenvalue weighted by molar-refractivity contribution is 0.151. The van der Waals surface area contributed by atoms with Gasteiger partial charge in [0.15, 0.2) is 0 Å². The van der Waals surface area contributed by atoms with Crippen LogP contribution in [-0.4, -0.2) is 26.3 Å². The Morgan fingerprint density at radius 1 is 0.679 bits per heavy atom. The number of unbranched alkanes of at least 4 members (excludes halogenated alkanes) is 16. The van der Waals surface area contributed by atoms with Crippen LogP contribution in [0.2, 0.25) is 0 Å². The van der Waals surface area contributed by atoms with E-state index < -0.39 is 0 Å². The molecule has 168 valence electrons. The van der Waals surface area contributed by atoms with E-state index in [1.165, 1.54) is 126 Å². The molecule has 0 saturated carbocycles. The fraction of sp³-hybridized carbons (Fsp3) is 0.917. The van der Waals surface area contributed by atoms with Gasteiger partial charge >= 0.3 is 0 Å². The number of alkyl halides is 2. The number of hydrogen-bond donors (Lipinski definition) is 0. The van der Waals surface area contributed by atoms with Crippen molar-refractivity contribution in [2.45, 2.75) is 125 Å². The summed E-state index contributed by atoms with van der Waals surface area (Å²) < 4.78 is 5.83. The number of halogens is 2. The van der Waals surface area contributed by atoms with Crippen LogP contribution < -0.4 is 0 Å². The van der Waals surface area contributed by atoms with E-state index in [1.54, 1.807) is 0 Å². The zero-order valence-corrected chi connectivity index (χ0v) is 24.2. The van der Waals surface area contributed by atoms with Gasteiger partial charge in [0.05, 0.1) is 9.46 Å². The first-order chi connectivity index (χ1) is 13.4. The molecule has 0 aromatic heterocycles. The highest BCUT2D eigenvalue weighted by molar-refractivity contribution is 9.26. The van der Waals surface area contributed by atoms with Crippen molar-refractivity contribution in [3.63, 3.8) is 0 Å². The quantitative estimate of drug-likeness (QED) is 0.0580. The Labute approximate surface area is 196 Å². The largest absolute Gasteiger partial charge is 0.377 e. The van der Waals surface area contributed by atoms with Gasteiger partial charge < -0.3 is 4.74 Å². The maximum Gasteiger partial charge on any atom is 0.0671 e. The molecule has 0 aliphatic heterocycles. The SMILES string of the molecule is C=C(C)COCCCCCCCCCCCCCCCCCCCC([SiH3])(Br)Br. The highest BCUT2D eigenvalue weighted by Gasteiger charge is 2.13. The van der Waals surface area contributed by atoms with E-state index in [2.05, 4.69) is 38.4 Å². The van der Waals surface area contributed by atoms with Crippen LogP contribution in [0.3, 0.4) is 0 Å². The molecule has 0 aromatic carbocycles. The van der Waals surface area contributed by atoms with Gasteiger partial charge in [0.2, 0.25) is 0 Å². The smallest absolute Gasteiger partial charge is 0.0671 e. The van der Waals surface area contributed by atoms with Crippen LogP contribution in [0.15, 0.2) is 12.2 Å². The highest BCUT2D eigenvalue weighted by Crippen LogP contribution is 2.28. The van der Waals surface area contributed by atoms with Gasteiger partial charge in [-0.1, -0.05) is 147 Å². The van der Waals surface area contributed by atoms with E-state index in [4.69, 9.17) is 4.74 Å². The van der Waals surface area contributed by atoms with Crippen molar-refractivity contribution < 1.29 is 4.74 Å². The molecule has 0 fully saturated rings. The zero-order valence-electron chi connectivity index (χ0n) is 19.0. The second kappa shape index (κ2) is 21.1. The van der Waals surface area contributed by atoms with Gasteiger partial charge in [0.25, 0.3) is 0 Å². The van der Waals surface area contributed by atoms with Gasteiger partial charge in [-0.25, -0.2) is 0 Å². The van der Waals surface area contributed by atoms with E-state index in [-0.39, 0.29) is 0 Å². The normalized spacial score (nSPS) is 12.0. The molecule has 0 N–H and O–H groups in total. The van der Waals surface area contributed by atoms with E-state index in [1.807, 2.05) is 6.92 Å². The van der Waals surface area contributed by atoms with Crippen molar-refractivity contribution in [2.24, 2.45) is 0 Å². The van der Waals surface area contributed by atoms with Gasteiger partial charge in [0.1, 0.15) is 0 Å². The Hall–Kier alpha value is 0.877. The molecular formula is C24H48Br2OSi. The maximum atomic E-state index is 5.53. The summed E-state index contributed by atoms with van der Waals surface area (Å²) in [6, 6.07) is 0. The molecule has 0 aromatic rings.